The van der Waals surface area contributed by atoms with E-state index in [1.54, 1.807) is 11.8 Å². The van der Waals surface area contributed by atoms with Crippen LogP contribution in [0.2, 0.25) is 0 Å². The van der Waals surface area contributed by atoms with Crippen molar-refractivity contribution in [1.29, 1.82) is 0 Å². The maximum Gasteiger partial charge on any atom is 0.251 e. The van der Waals surface area contributed by atoms with Gasteiger partial charge in [-0.1, -0.05) is 23.9 Å². The van der Waals surface area contributed by atoms with Gasteiger partial charge < -0.3 is 10.2 Å². The summed E-state index contributed by atoms with van der Waals surface area (Å²) in [5.41, 5.74) is 3.99. The van der Waals surface area contributed by atoms with Gasteiger partial charge in [0, 0.05) is 41.7 Å². The molecular weight excluding hydrogens is 356 g/mol. The number of nitrogens with zero attached hydrogens (tertiary/aromatic N) is 3. The van der Waals surface area contributed by atoms with E-state index in [2.05, 4.69) is 36.0 Å². The second-order valence-corrected chi connectivity index (χ2v) is 7.89. The molecule has 0 atom stereocenters. The van der Waals surface area contributed by atoms with Crippen LogP contribution in [0.15, 0.2) is 29.4 Å². The van der Waals surface area contributed by atoms with Crippen LogP contribution in [0.4, 0.5) is 5.82 Å². The van der Waals surface area contributed by atoms with Crippen molar-refractivity contribution in [3.05, 3.63) is 46.6 Å². The summed E-state index contributed by atoms with van der Waals surface area (Å²) in [5.74, 6) is 1.79. The highest BCUT2D eigenvalue weighted by Gasteiger charge is 2.23. The second-order valence-electron chi connectivity index (χ2n) is 6.95. The molecule has 3 rings (SSSR count). The molecule has 1 N–H and O–H groups in total. The number of carbonyl (C=O) groups excluding carboxylic acids is 1. The third-order valence-corrected chi connectivity index (χ3v) is 5.79. The van der Waals surface area contributed by atoms with E-state index in [0.717, 1.165) is 65.0 Å². The quantitative estimate of drug-likeness (QED) is 0.548. The number of nitrogens with one attached hydrogen (secondary N) is 1. The molecule has 1 saturated carbocycles. The third-order valence-electron chi connectivity index (χ3n) is 4.88. The standard InChI is InChI=1S/C21H28N4OS/c1-5-25(6-2)19-14(3)15(4)22-21(24-19)27-13-16-8-7-9-17(12-16)20(26)23-18-10-11-18/h7-9,12,18H,5-6,10-11,13H2,1-4H3,(H,23,26). The van der Waals surface area contributed by atoms with E-state index < -0.39 is 0 Å². The summed E-state index contributed by atoms with van der Waals surface area (Å²) in [6, 6.07) is 8.21. The molecule has 0 spiro atoms. The van der Waals surface area contributed by atoms with Gasteiger partial charge in [0.05, 0.1) is 0 Å². The molecule has 0 radical (unpaired) electrons. The Morgan fingerprint density at radius 2 is 1.96 bits per heavy atom. The lowest BCUT2D eigenvalue weighted by Crippen LogP contribution is -2.25. The van der Waals surface area contributed by atoms with Crippen LogP contribution in [0.3, 0.4) is 0 Å². The zero-order valence-corrected chi connectivity index (χ0v) is 17.4. The molecule has 0 aliphatic heterocycles. The predicted molar refractivity (Wildman–Crippen MR) is 112 cm³/mol. The molecule has 0 unspecified atom stereocenters. The first-order chi connectivity index (χ1) is 13.0. The molecule has 2 aromatic rings. The average Bonchev–Trinajstić information content (AvgIpc) is 3.48. The van der Waals surface area contributed by atoms with Gasteiger partial charge in [0.15, 0.2) is 5.16 Å². The van der Waals surface area contributed by atoms with Gasteiger partial charge in [-0.25, -0.2) is 9.97 Å². The maximum atomic E-state index is 12.2. The molecule has 1 fully saturated rings. The van der Waals surface area contributed by atoms with Crippen molar-refractivity contribution in [2.75, 3.05) is 18.0 Å². The number of anilines is 1. The fourth-order valence-electron chi connectivity index (χ4n) is 2.93. The summed E-state index contributed by atoms with van der Waals surface area (Å²) in [7, 11) is 0. The van der Waals surface area contributed by atoms with Crippen molar-refractivity contribution in [2.45, 2.75) is 57.5 Å². The minimum atomic E-state index is 0.0237. The van der Waals surface area contributed by atoms with Crippen LogP contribution in [-0.4, -0.2) is 35.0 Å². The molecule has 1 amide bonds. The van der Waals surface area contributed by atoms with Gasteiger partial charge >= 0.3 is 0 Å². The zero-order valence-electron chi connectivity index (χ0n) is 16.6. The van der Waals surface area contributed by atoms with Crippen molar-refractivity contribution >= 4 is 23.5 Å². The molecule has 6 heteroatoms. The first kappa shape index (κ1) is 19.7. The lowest BCUT2D eigenvalue weighted by molar-refractivity contribution is 0.0951. The molecule has 1 aromatic carbocycles. The molecule has 1 aliphatic rings. The Labute approximate surface area is 166 Å². The van der Waals surface area contributed by atoms with E-state index in [9.17, 15) is 4.79 Å². The molecule has 144 valence electrons. The Morgan fingerprint density at radius 3 is 2.63 bits per heavy atom. The topological polar surface area (TPSA) is 58.1 Å². The normalized spacial score (nSPS) is 13.5. The summed E-state index contributed by atoms with van der Waals surface area (Å²) in [5, 5.41) is 3.83. The summed E-state index contributed by atoms with van der Waals surface area (Å²) in [4.78, 5) is 23.9. The van der Waals surface area contributed by atoms with Crippen molar-refractivity contribution in [3.8, 4) is 0 Å². The average molecular weight is 385 g/mol. The Balaban J connectivity index is 1.72. The van der Waals surface area contributed by atoms with Gasteiger partial charge in [-0.3, -0.25) is 4.79 Å². The van der Waals surface area contributed by atoms with Gasteiger partial charge in [-0.05, 0) is 58.2 Å². The lowest BCUT2D eigenvalue weighted by Gasteiger charge is -2.23. The number of amides is 1. The molecule has 1 heterocycles. The number of hydrogen-bond donors (Lipinski definition) is 1. The van der Waals surface area contributed by atoms with Crippen LogP contribution in [0.5, 0.6) is 0 Å². The summed E-state index contributed by atoms with van der Waals surface area (Å²) in [6.07, 6.45) is 2.19. The minimum absolute atomic E-state index is 0.0237. The van der Waals surface area contributed by atoms with Crippen molar-refractivity contribution in [1.82, 2.24) is 15.3 Å². The van der Waals surface area contributed by atoms with E-state index in [1.165, 1.54) is 0 Å². The number of aryl methyl sites for hydroxylation is 1. The Morgan fingerprint density at radius 1 is 1.22 bits per heavy atom. The number of thioether (sulfide) groups is 1. The number of hydrogen-bond acceptors (Lipinski definition) is 5. The smallest absolute Gasteiger partial charge is 0.251 e. The van der Waals surface area contributed by atoms with E-state index in [4.69, 9.17) is 4.98 Å². The molecule has 1 aliphatic carbocycles. The summed E-state index contributed by atoms with van der Waals surface area (Å²) < 4.78 is 0. The first-order valence-corrected chi connectivity index (χ1v) is 10.6. The fraction of sp³-hybridized carbons (Fsp3) is 0.476. The largest absolute Gasteiger partial charge is 0.357 e. The lowest BCUT2D eigenvalue weighted by atomic mass is 10.1. The highest BCUT2D eigenvalue weighted by Crippen LogP contribution is 2.26. The highest BCUT2D eigenvalue weighted by atomic mass is 32.2. The van der Waals surface area contributed by atoms with Crippen LogP contribution >= 0.6 is 11.8 Å². The van der Waals surface area contributed by atoms with Crippen LogP contribution < -0.4 is 10.2 Å². The van der Waals surface area contributed by atoms with Crippen LogP contribution in [-0.2, 0) is 5.75 Å². The second kappa shape index (κ2) is 8.74. The van der Waals surface area contributed by atoms with Crippen LogP contribution in [0, 0.1) is 13.8 Å². The Bertz CT molecular complexity index is 816. The molecule has 1 aromatic heterocycles. The van der Waals surface area contributed by atoms with E-state index >= 15 is 0 Å². The summed E-state index contributed by atoms with van der Waals surface area (Å²) in [6.45, 7) is 10.3. The van der Waals surface area contributed by atoms with E-state index in [1.807, 2.05) is 31.2 Å². The maximum absolute atomic E-state index is 12.2. The van der Waals surface area contributed by atoms with Crippen molar-refractivity contribution in [2.24, 2.45) is 0 Å². The van der Waals surface area contributed by atoms with Gasteiger partial charge in [-0.2, -0.15) is 0 Å². The van der Waals surface area contributed by atoms with Crippen molar-refractivity contribution < 1.29 is 4.79 Å². The molecule has 5 nitrogen and oxygen atoms in total. The molecular formula is C21H28N4OS. The Hall–Kier alpha value is -2.08. The number of rotatable bonds is 8. The van der Waals surface area contributed by atoms with Crippen LogP contribution in [0.1, 0.15) is 53.9 Å². The first-order valence-electron chi connectivity index (χ1n) is 9.64. The molecule has 27 heavy (non-hydrogen) atoms. The van der Waals surface area contributed by atoms with Crippen LogP contribution in [0.25, 0.3) is 0 Å². The SMILES string of the molecule is CCN(CC)c1nc(SCc2cccc(C(=O)NC3CC3)c2)nc(C)c1C. The molecule has 0 saturated heterocycles. The van der Waals surface area contributed by atoms with Gasteiger partial charge in [0.25, 0.3) is 5.91 Å². The van der Waals surface area contributed by atoms with Crippen molar-refractivity contribution in [3.63, 3.8) is 0 Å². The predicted octanol–water partition coefficient (Wildman–Crippen LogP) is 4.12. The summed E-state index contributed by atoms with van der Waals surface area (Å²) >= 11 is 1.62. The monoisotopic (exact) mass is 384 g/mol. The Kier molecular flexibility index (Phi) is 6.37. The number of carbonyl (C=O) groups is 1. The number of benzene rings is 1. The van der Waals surface area contributed by atoms with E-state index in [-0.39, 0.29) is 5.91 Å². The fourth-order valence-corrected chi connectivity index (χ4v) is 3.76. The van der Waals surface area contributed by atoms with E-state index in [0.29, 0.717) is 6.04 Å². The highest BCUT2D eigenvalue weighted by molar-refractivity contribution is 7.98. The number of aromatic nitrogens is 2. The van der Waals surface area contributed by atoms with Gasteiger partial charge in [0.2, 0.25) is 0 Å². The van der Waals surface area contributed by atoms with Gasteiger partial charge in [-0.15, -0.1) is 0 Å². The zero-order chi connectivity index (χ0) is 19.4. The van der Waals surface area contributed by atoms with Gasteiger partial charge in [0.1, 0.15) is 5.82 Å². The third kappa shape index (κ3) is 5.01. The minimum Gasteiger partial charge on any atom is -0.357 e. The molecule has 0 bridgehead atoms.